The first-order valence-corrected chi connectivity index (χ1v) is 13.6. The summed E-state index contributed by atoms with van der Waals surface area (Å²) in [6, 6.07) is 12.5. The molecule has 3 N–H and O–H groups in total. The molecule has 1 saturated heterocycles. The van der Waals surface area contributed by atoms with E-state index in [4.69, 9.17) is 4.74 Å². The number of fused-ring (bicyclic) bond motifs is 4. The fourth-order valence-corrected chi connectivity index (χ4v) is 8.15. The van der Waals surface area contributed by atoms with E-state index in [1.54, 1.807) is 6.07 Å². The number of unbranched alkanes of at least 4 members (excludes halogenated alkanes) is 3. The van der Waals surface area contributed by atoms with Gasteiger partial charge in [0.2, 0.25) is 5.91 Å². The summed E-state index contributed by atoms with van der Waals surface area (Å²) in [7, 11) is 2.20. The number of hydrogen-bond donors (Lipinski definition) is 3. The standard InChI is InChI=1S/C30H35N3O3/c1-3-4-5-6-11-24(35)32-30-17-20-19-9-7-8-10-21(19)31-26(20)28-29(30)14-15-33(2)23(30)16-18-12-13-22(34)27(36-28)25(18)29/h7-10,12-13,23,28,31,34H,3-6,11,14-17H2,1-2H3,(H,32,35)/t23-,28+,29+,30-/m1/s1. The minimum atomic E-state index is -0.503. The van der Waals surface area contributed by atoms with Crippen molar-refractivity contribution in [1.82, 2.24) is 15.2 Å². The van der Waals surface area contributed by atoms with Crippen LogP contribution in [0.25, 0.3) is 10.9 Å². The summed E-state index contributed by atoms with van der Waals surface area (Å²) in [5.41, 5.74) is 4.91. The monoisotopic (exact) mass is 485 g/mol. The second-order valence-electron chi connectivity index (χ2n) is 11.4. The molecule has 2 bridgehead atoms. The van der Waals surface area contributed by atoms with Gasteiger partial charge in [-0.05, 0) is 56.1 Å². The molecule has 1 amide bonds. The number of aromatic amines is 1. The topological polar surface area (TPSA) is 77.6 Å². The summed E-state index contributed by atoms with van der Waals surface area (Å²) in [5.74, 6) is 0.964. The molecule has 6 nitrogen and oxygen atoms in total. The quantitative estimate of drug-likeness (QED) is 0.435. The molecular formula is C30H35N3O3. The third kappa shape index (κ3) is 2.68. The van der Waals surface area contributed by atoms with E-state index in [1.807, 2.05) is 0 Å². The van der Waals surface area contributed by atoms with Crippen molar-refractivity contribution < 1.29 is 14.6 Å². The van der Waals surface area contributed by atoms with E-state index in [0.717, 1.165) is 61.8 Å². The Bertz CT molecular complexity index is 1380. The van der Waals surface area contributed by atoms with E-state index >= 15 is 0 Å². The van der Waals surface area contributed by atoms with Gasteiger partial charge in [-0.25, -0.2) is 0 Å². The largest absolute Gasteiger partial charge is 0.504 e. The summed E-state index contributed by atoms with van der Waals surface area (Å²) in [4.78, 5) is 19.8. The second-order valence-corrected chi connectivity index (χ2v) is 11.4. The molecule has 1 aromatic heterocycles. The van der Waals surface area contributed by atoms with E-state index in [0.29, 0.717) is 12.2 Å². The molecule has 2 aliphatic heterocycles. The summed E-state index contributed by atoms with van der Waals surface area (Å²) < 4.78 is 6.77. The van der Waals surface area contributed by atoms with Gasteiger partial charge in [-0.1, -0.05) is 50.5 Å². The average Bonchev–Trinajstić information content (AvgIpc) is 3.41. The third-order valence-corrected chi connectivity index (χ3v) is 9.71. The number of carbonyl (C=O) groups is 1. The van der Waals surface area contributed by atoms with Gasteiger partial charge in [0.1, 0.15) is 0 Å². The third-order valence-electron chi connectivity index (χ3n) is 9.71. The van der Waals surface area contributed by atoms with Crippen LogP contribution in [0, 0.1) is 0 Å². The first-order chi connectivity index (χ1) is 17.5. The number of hydrogen-bond acceptors (Lipinski definition) is 4. The van der Waals surface area contributed by atoms with Gasteiger partial charge in [-0.2, -0.15) is 0 Å². The van der Waals surface area contributed by atoms with Crippen molar-refractivity contribution in [3.8, 4) is 11.5 Å². The molecule has 4 aliphatic rings. The van der Waals surface area contributed by atoms with Gasteiger partial charge in [0.05, 0.1) is 16.6 Å². The number of aromatic nitrogens is 1. The number of nitrogens with zero attached hydrogens (tertiary/aromatic N) is 1. The Morgan fingerprint density at radius 3 is 2.94 bits per heavy atom. The maximum Gasteiger partial charge on any atom is 0.220 e. The zero-order chi connectivity index (χ0) is 24.7. The molecule has 0 unspecified atom stereocenters. The average molecular weight is 486 g/mol. The number of rotatable bonds is 6. The highest BCUT2D eigenvalue weighted by molar-refractivity contribution is 5.87. The van der Waals surface area contributed by atoms with Crippen LogP contribution in [-0.2, 0) is 23.1 Å². The molecule has 188 valence electrons. The minimum Gasteiger partial charge on any atom is -0.504 e. The Morgan fingerprint density at radius 1 is 1.22 bits per heavy atom. The number of ether oxygens (including phenoxy) is 1. The number of phenolic OH excluding ortho intramolecular Hbond substituents is 1. The lowest BCUT2D eigenvalue weighted by Gasteiger charge is -2.64. The smallest absolute Gasteiger partial charge is 0.220 e. The minimum absolute atomic E-state index is 0.143. The molecule has 0 saturated carbocycles. The lowest BCUT2D eigenvalue weighted by molar-refractivity contribution is -0.131. The number of benzene rings is 2. The first kappa shape index (κ1) is 22.2. The Kier molecular flexibility index (Phi) is 4.79. The number of carbonyl (C=O) groups excluding carboxylic acids is 1. The van der Waals surface area contributed by atoms with Crippen molar-refractivity contribution in [3.63, 3.8) is 0 Å². The zero-order valence-corrected chi connectivity index (χ0v) is 21.2. The van der Waals surface area contributed by atoms with E-state index < -0.39 is 11.0 Å². The van der Waals surface area contributed by atoms with E-state index in [2.05, 4.69) is 59.5 Å². The molecule has 1 fully saturated rings. The fraction of sp³-hybridized carbons (Fsp3) is 0.500. The van der Waals surface area contributed by atoms with Crippen LogP contribution < -0.4 is 10.1 Å². The number of phenols is 1. The Hall–Kier alpha value is -2.99. The lowest BCUT2D eigenvalue weighted by atomic mass is 9.47. The van der Waals surface area contributed by atoms with Crippen molar-refractivity contribution in [1.29, 1.82) is 0 Å². The van der Waals surface area contributed by atoms with Gasteiger partial charge in [0, 0.05) is 35.3 Å². The first-order valence-electron chi connectivity index (χ1n) is 13.6. The predicted octanol–water partition coefficient (Wildman–Crippen LogP) is 4.89. The van der Waals surface area contributed by atoms with Crippen molar-refractivity contribution in [2.24, 2.45) is 0 Å². The van der Waals surface area contributed by atoms with Crippen molar-refractivity contribution in [3.05, 3.63) is 58.8 Å². The molecular weight excluding hydrogens is 450 g/mol. The van der Waals surface area contributed by atoms with Crippen molar-refractivity contribution in [2.75, 3.05) is 13.6 Å². The Labute approximate surface area is 212 Å². The van der Waals surface area contributed by atoms with Gasteiger partial charge in [0.25, 0.3) is 0 Å². The van der Waals surface area contributed by atoms with Crippen LogP contribution in [0.3, 0.4) is 0 Å². The highest BCUT2D eigenvalue weighted by Crippen LogP contribution is 2.68. The number of nitrogens with one attached hydrogen (secondary N) is 2. The zero-order valence-electron chi connectivity index (χ0n) is 21.2. The molecule has 7 rings (SSSR count). The van der Waals surface area contributed by atoms with Crippen LogP contribution in [0.15, 0.2) is 36.4 Å². The number of H-pyrrole nitrogens is 1. The SMILES string of the molecule is CCCCCCC(=O)N[C@@]12Cc3c([nH]c4ccccc34)[C@@H]3Oc4c(O)ccc5c4[C@@]31CCN(C)[C@@H]2C5. The van der Waals surface area contributed by atoms with Crippen LogP contribution in [0.1, 0.15) is 73.9 Å². The van der Waals surface area contributed by atoms with Gasteiger partial charge >= 0.3 is 0 Å². The normalized spacial score (nSPS) is 29.5. The number of likely N-dealkylation sites (tertiary alicyclic amines) is 1. The van der Waals surface area contributed by atoms with E-state index in [9.17, 15) is 9.90 Å². The molecule has 4 atom stereocenters. The predicted molar refractivity (Wildman–Crippen MR) is 140 cm³/mol. The van der Waals surface area contributed by atoms with E-state index in [1.165, 1.54) is 22.9 Å². The van der Waals surface area contributed by atoms with Gasteiger partial charge < -0.3 is 25.0 Å². The van der Waals surface area contributed by atoms with Crippen molar-refractivity contribution in [2.45, 2.75) is 81.4 Å². The molecule has 3 heterocycles. The van der Waals surface area contributed by atoms with Crippen LogP contribution in [0.2, 0.25) is 0 Å². The molecule has 3 aromatic rings. The molecule has 2 aromatic carbocycles. The number of para-hydroxylation sites is 1. The Balaban J connectivity index is 1.44. The summed E-state index contributed by atoms with van der Waals surface area (Å²) in [5, 5.41) is 15.8. The number of amides is 1. The van der Waals surface area contributed by atoms with Crippen LogP contribution >= 0.6 is 0 Å². The summed E-state index contributed by atoms with van der Waals surface area (Å²) in [6.45, 7) is 3.13. The van der Waals surface area contributed by atoms with Crippen LogP contribution in [0.4, 0.5) is 0 Å². The molecule has 2 aliphatic carbocycles. The maximum atomic E-state index is 13.6. The maximum absolute atomic E-state index is 13.6. The number of piperidine rings is 1. The van der Waals surface area contributed by atoms with Crippen molar-refractivity contribution >= 4 is 16.8 Å². The number of aromatic hydroxyl groups is 1. The molecule has 36 heavy (non-hydrogen) atoms. The second kappa shape index (κ2) is 7.75. The summed E-state index contributed by atoms with van der Waals surface area (Å²) in [6.07, 6.45) is 7.09. The molecule has 0 radical (unpaired) electrons. The highest BCUT2D eigenvalue weighted by atomic mass is 16.5. The van der Waals surface area contributed by atoms with Gasteiger partial charge in [-0.3, -0.25) is 4.79 Å². The van der Waals surface area contributed by atoms with Gasteiger partial charge in [0.15, 0.2) is 17.6 Å². The summed E-state index contributed by atoms with van der Waals surface area (Å²) >= 11 is 0. The highest BCUT2D eigenvalue weighted by Gasteiger charge is 2.73. The van der Waals surface area contributed by atoms with E-state index in [-0.39, 0.29) is 23.8 Å². The van der Waals surface area contributed by atoms with Crippen LogP contribution in [0.5, 0.6) is 11.5 Å². The lowest BCUT2D eigenvalue weighted by Crippen LogP contribution is -2.79. The number of likely N-dealkylation sites (N-methyl/N-ethyl adjacent to an activating group) is 1. The Morgan fingerprint density at radius 2 is 2.08 bits per heavy atom. The fourth-order valence-electron chi connectivity index (χ4n) is 8.15. The van der Waals surface area contributed by atoms with Gasteiger partial charge in [-0.15, -0.1) is 0 Å². The molecule has 1 spiro atoms. The molecule has 6 heteroatoms. The van der Waals surface area contributed by atoms with Crippen LogP contribution in [-0.4, -0.2) is 46.1 Å².